The van der Waals surface area contributed by atoms with Crippen molar-refractivity contribution in [3.05, 3.63) is 41.6 Å². The van der Waals surface area contributed by atoms with Crippen molar-refractivity contribution < 1.29 is 14.3 Å². The first-order chi connectivity index (χ1) is 20.6. The van der Waals surface area contributed by atoms with Crippen molar-refractivity contribution in [2.24, 2.45) is 0 Å². The summed E-state index contributed by atoms with van der Waals surface area (Å²) in [4.78, 5) is 18.7. The van der Waals surface area contributed by atoms with E-state index in [9.17, 15) is 4.79 Å². The third-order valence-corrected chi connectivity index (χ3v) is 10.0. The molecule has 2 saturated carbocycles. The lowest BCUT2D eigenvalue weighted by Crippen LogP contribution is -2.51. The zero-order valence-corrected chi connectivity index (χ0v) is 25.0. The van der Waals surface area contributed by atoms with Crippen LogP contribution in [-0.2, 0) is 4.74 Å². The van der Waals surface area contributed by atoms with Crippen LogP contribution in [0.4, 0.5) is 5.69 Å². The molecule has 0 spiro atoms. The minimum atomic E-state index is 0.0548. The summed E-state index contributed by atoms with van der Waals surface area (Å²) in [6.07, 6.45) is 12.1. The maximum Gasteiger partial charge on any atom is 0.253 e. The summed E-state index contributed by atoms with van der Waals surface area (Å²) >= 11 is 0. The Kier molecular flexibility index (Phi) is 8.09. The number of H-pyrrole nitrogens is 1. The van der Waals surface area contributed by atoms with E-state index in [1.807, 2.05) is 13.0 Å². The van der Waals surface area contributed by atoms with Gasteiger partial charge in [0.05, 0.1) is 41.1 Å². The Bertz CT molecular complexity index is 1400. The molecule has 2 aromatic carbocycles. The lowest BCUT2D eigenvalue weighted by Gasteiger charge is -2.42. The van der Waals surface area contributed by atoms with E-state index in [0.29, 0.717) is 6.04 Å². The van der Waals surface area contributed by atoms with Gasteiger partial charge in [-0.05, 0) is 74.4 Å². The quantitative estimate of drug-likeness (QED) is 0.371. The summed E-state index contributed by atoms with van der Waals surface area (Å²) in [5.74, 6) is 0.925. The number of amides is 1. The van der Waals surface area contributed by atoms with Crippen molar-refractivity contribution in [3.8, 4) is 16.9 Å². The molecule has 2 aliphatic heterocycles. The fourth-order valence-electron chi connectivity index (χ4n) is 7.26. The molecule has 0 bridgehead atoms. The molecule has 1 amide bonds. The molecule has 42 heavy (non-hydrogen) atoms. The number of carbonyl (C=O) groups excluding carboxylic acids is 1. The van der Waals surface area contributed by atoms with Gasteiger partial charge in [-0.15, -0.1) is 0 Å². The molecule has 4 aliphatic rings. The number of anilines is 1. The van der Waals surface area contributed by atoms with E-state index in [1.165, 1.54) is 38.5 Å². The van der Waals surface area contributed by atoms with E-state index in [0.717, 1.165) is 116 Å². The van der Waals surface area contributed by atoms with E-state index in [4.69, 9.17) is 9.47 Å². The molecule has 2 N–H and O–H groups in total. The monoisotopic (exact) mass is 571 g/mol. The number of hydrogen-bond donors (Lipinski definition) is 2. The molecular formula is C34H45N5O3. The van der Waals surface area contributed by atoms with Crippen molar-refractivity contribution >= 4 is 22.5 Å². The van der Waals surface area contributed by atoms with Crippen molar-refractivity contribution in [1.82, 2.24) is 20.4 Å². The Morgan fingerprint density at radius 2 is 1.71 bits per heavy atom. The van der Waals surface area contributed by atoms with Gasteiger partial charge in [0.15, 0.2) is 0 Å². The molecular weight excluding hydrogens is 526 g/mol. The Hall–Kier alpha value is -3.10. The molecule has 0 atom stereocenters. The van der Waals surface area contributed by atoms with Crippen LogP contribution in [0.2, 0.25) is 0 Å². The van der Waals surface area contributed by atoms with Crippen molar-refractivity contribution in [2.75, 3.05) is 44.3 Å². The van der Waals surface area contributed by atoms with E-state index >= 15 is 0 Å². The first-order valence-electron chi connectivity index (χ1n) is 16.3. The normalized spacial score (nSPS) is 21.4. The fourth-order valence-corrected chi connectivity index (χ4v) is 7.26. The Morgan fingerprint density at radius 1 is 0.929 bits per heavy atom. The third kappa shape index (κ3) is 5.76. The highest BCUT2D eigenvalue weighted by molar-refractivity contribution is 6.01. The second-order valence-corrected chi connectivity index (χ2v) is 12.8. The van der Waals surface area contributed by atoms with E-state index in [-0.39, 0.29) is 12.0 Å². The summed E-state index contributed by atoms with van der Waals surface area (Å²) in [6, 6.07) is 11.7. The van der Waals surface area contributed by atoms with Crippen LogP contribution in [0, 0.1) is 6.92 Å². The summed E-state index contributed by atoms with van der Waals surface area (Å²) < 4.78 is 12.2. The molecule has 2 saturated heterocycles. The largest absolute Gasteiger partial charge is 0.489 e. The predicted octanol–water partition coefficient (Wildman–Crippen LogP) is 5.83. The second-order valence-electron chi connectivity index (χ2n) is 12.8. The van der Waals surface area contributed by atoms with Crippen LogP contribution < -0.4 is 15.0 Å². The molecule has 2 aliphatic carbocycles. The number of piperazine rings is 1. The summed E-state index contributed by atoms with van der Waals surface area (Å²) in [6.45, 7) is 7.50. The number of ether oxygens (including phenoxy) is 2. The number of nitrogens with zero attached hydrogens (tertiary/aromatic N) is 3. The van der Waals surface area contributed by atoms with E-state index < -0.39 is 0 Å². The van der Waals surface area contributed by atoms with Gasteiger partial charge in [0.25, 0.3) is 5.91 Å². The minimum absolute atomic E-state index is 0.0548. The van der Waals surface area contributed by atoms with Crippen LogP contribution in [0.5, 0.6) is 5.75 Å². The summed E-state index contributed by atoms with van der Waals surface area (Å²) in [7, 11) is 0. The van der Waals surface area contributed by atoms with Gasteiger partial charge in [0.1, 0.15) is 11.9 Å². The zero-order chi connectivity index (χ0) is 28.5. The van der Waals surface area contributed by atoms with E-state index in [1.54, 1.807) is 0 Å². The van der Waals surface area contributed by atoms with Gasteiger partial charge >= 0.3 is 0 Å². The second kappa shape index (κ2) is 12.3. The molecule has 224 valence electrons. The van der Waals surface area contributed by atoms with Crippen molar-refractivity contribution in [1.29, 1.82) is 0 Å². The Balaban J connectivity index is 1.20. The van der Waals surface area contributed by atoms with Gasteiger partial charge in [-0.2, -0.15) is 5.10 Å². The van der Waals surface area contributed by atoms with Gasteiger partial charge in [0.2, 0.25) is 0 Å². The van der Waals surface area contributed by atoms with Gasteiger partial charge in [-0.25, -0.2) is 0 Å². The predicted molar refractivity (Wildman–Crippen MR) is 166 cm³/mol. The van der Waals surface area contributed by atoms with Crippen LogP contribution in [0.3, 0.4) is 0 Å². The molecule has 8 nitrogen and oxygen atoms in total. The highest BCUT2D eigenvalue weighted by Gasteiger charge is 2.29. The van der Waals surface area contributed by atoms with Crippen LogP contribution in [-0.4, -0.2) is 78.6 Å². The van der Waals surface area contributed by atoms with Crippen LogP contribution in [0.1, 0.15) is 80.3 Å². The Morgan fingerprint density at radius 3 is 2.45 bits per heavy atom. The molecule has 7 rings (SSSR count). The lowest BCUT2D eigenvalue weighted by molar-refractivity contribution is 0.0262. The highest BCUT2D eigenvalue weighted by Crippen LogP contribution is 2.37. The van der Waals surface area contributed by atoms with Crippen molar-refractivity contribution in [2.45, 2.75) is 89.3 Å². The summed E-state index contributed by atoms with van der Waals surface area (Å²) in [5, 5.41) is 12.1. The first-order valence-corrected chi connectivity index (χ1v) is 16.3. The van der Waals surface area contributed by atoms with E-state index in [2.05, 4.69) is 49.6 Å². The van der Waals surface area contributed by atoms with Gasteiger partial charge in [0, 0.05) is 51.1 Å². The molecule has 3 heterocycles. The number of aromatic nitrogens is 2. The Labute approximate surface area is 249 Å². The molecule has 0 unspecified atom stereocenters. The molecule has 0 radical (unpaired) electrons. The van der Waals surface area contributed by atoms with Gasteiger partial charge in [-0.1, -0.05) is 25.3 Å². The number of carbonyl (C=O) groups is 1. The van der Waals surface area contributed by atoms with Crippen LogP contribution in [0.25, 0.3) is 22.0 Å². The molecule has 4 fully saturated rings. The molecule has 3 aromatic rings. The third-order valence-electron chi connectivity index (χ3n) is 10.0. The number of aryl methyl sites for hydroxylation is 1. The number of hydrogen-bond acceptors (Lipinski definition) is 6. The highest BCUT2D eigenvalue weighted by atomic mass is 16.5. The number of rotatable bonds is 7. The smallest absolute Gasteiger partial charge is 0.253 e. The topological polar surface area (TPSA) is 82.7 Å². The number of aromatic amines is 1. The van der Waals surface area contributed by atoms with Crippen molar-refractivity contribution in [3.63, 3.8) is 0 Å². The zero-order valence-electron chi connectivity index (χ0n) is 25.0. The van der Waals surface area contributed by atoms with Gasteiger partial charge in [-0.3, -0.25) is 14.8 Å². The maximum absolute atomic E-state index is 13.5. The number of benzene rings is 2. The fraction of sp³-hybridized carbons (Fsp3) is 0.588. The molecule has 1 aromatic heterocycles. The average Bonchev–Trinajstić information content (AvgIpc) is 3.40. The van der Waals surface area contributed by atoms with Gasteiger partial charge < -0.3 is 19.7 Å². The molecule has 8 heteroatoms. The van der Waals surface area contributed by atoms with Crippen LogP contribution in [0.15, 0.2) is 30.3 Å². The lowest BCUT2D eigenvalue weighted by atomic mass is 9.92. The standard InChI is InChI=1S/C34H45N5O3/c1-23-33-30(37-36-23)20-25(22-32(33)42-28-12-18-41-19-13-28)24-10-11-29(34(40)35-26-6-5-7-26)31(21-24)39-16-14-38(15-17-39)27-8-3-2-4-9-27/h10-11,20-22,26-28H,2-9,12-19H2,1H3,(H,35,40)(H,36,37). The number of fused-ring (bicyclic) bond motifs is 1. The maximum atomic E-state index is 13.5. The average molecular weight is 572 g/mol. The first kappa shape index (κ1) is 27.7. The summed E-state index contributed by atoms with van der Waals surface area (Å²) in [5.41, 5.74) is 5.90. The number of nitrogens with one attached hydrogen (secondary N) is 2. The minimum Gasteiger partial charge on any atom is -0.489 e. The van der Waals surface area contributed by atoms with Crippen LogP contribution >= 0.6 is 0 Å². The SMILES string of the molecule is Cc1n[nH]c2cc(-c3ccc(C(=O)NC4CCC4)c(N4CCN(C5CCCCC5)CC4)c3)cc(OC3CCOCC3)c12.